The molecule has 1 saturated carbocycles. The molecule has 4 nitrogen and oxygen atoms in total. The minimum absolute atomic E-state index is 0.720. The third-order valence-electron chi connectivity index (χ3n) is 4.12. The van der Waals surface area contributed by atoms with E-state index in [-0.39, 0.29) is 0 Å². The van der Waals surface area contributed by atoms with E-state index in [4.69, 9.17) is 4.74 Å². The Kier molecular flexibility index (Phi) is 7.23. The van der Waals surface area contributed by atoms with Crippen molar-refractivity contribution in [1.82, 2.24) is 10.6 Å². The maximum absolute atomic E-state index is 5.33. The zero-order chi connectivity index (χ0) is 15.6. The molecule has 0 spiro atoms. The van der Waals surface area contributed by atoms with Crippen LogP contribution in [0.25, 0.3) is 0 Å². The normalized spacial score (nSPS) is 20.7. The molecule has 22 heavy (non-hydrogen) atoms. The van der Waals surface area contributed by atoms with E-state index < -0.39 is 0 Å². The summed E-state index contributed by atoms with van der Waals surface area (Å²) in [6, 6.07) is 10.8. The molecule has 1 aliphatic rings. The summed E-state index contributed by atoms with van der Waals surface area (Å²) in [4.78, 5) is 4.28. The fraction of sp³-hybridized carbons (Fsp3) is 0.611. The van der Waals surface area contributed by atoms with Gasteiger partial charge in [0.15, 0.2) is 5.96 Å². The highest BCUT2D eigenvalue weighted by atomic mass is 16.5. The van der Waals surface area contributed by atoms with Gasteiger partial charge in [-0.1, -0.05) is 30.3 Å². The Hall–Kier alpha value is -1.55. The third-order valence-corrected chi connectivity index (χ3v) is 4.12. The molecule has 0 aromatic heterocycles. The molecule has 0 bridgehead atoms. The van der Waals surface area contributed by atoms with E-state index in [0.717, 1.165) is 56.9 Å². The molecule has 1 fully saturated rings. The van der Waals surface area contributed by atoms with Gasteiger partial charge in [0.1, 0.15) is 0 Å². The number of nitrogens with one attached hydrogen (secondary N) is 2. The molecular formula is C18H29N3O. The van der Waals surface area contributed by atoms with E-state index >= 15 is 0 Å². The van der Waals surface area contributed by atoms with Crippen LogP contribution in [0.2, 0.25) is 0 Å². The summed E-state index contributed by atoms with van der Waals surface area (Å²) in [5, 5.41) is 6.81. The number of unbranched alkanes of at least 4 members (excludes halogenated alkanes) is 1. The second-order valence-corrected chi connectivity index (χ2v) is 5.80. The number of guanidine groups is 1. The molecule has 2 unspecified atom stereocenters. The van der Waals surface area contributed by atoms with Gasteiger partial charge in [-0.25, -0.2) is 0 Å². The van der Waals surface area contributed by atoms with Crippen LogP contribution >= 0.6 is 0 Å². The molecule has 1 aromatic carbocycles. The topological polar surface area (TPSA) is 45.6 Å². The quantitative estimate of drug-likeness (QED) is 0.419. The summed E-state index contributed by atoms with van der Waals surface area (Å²) in [6.07, 6.45) is 3.48. The average molecular weight is 303 g/mol. The van der Waals surface area contributed by atoms with Crippen molar-refractivity contribution in [3.8, 4) is 0 Å². The molecule has 0 aliphatic heterocycles. The van der Waals surface area contributed by atoms with Gasteiger partial charge in [-0.3, -0.25) is 4.99 Å². The SMILES string of the molecule is CCOCCCCNC(=NC)NCC1CC1c1ccccc1. The van der Waals surface area contributed by atoms with Crippen LogP contribution in [0, 0.1) is 5.92 Å². The van der Waals surface area contributed by atoms with Crippen molar-refractivity contribution in [2.24, 2.45) is 10.9 Å². The summed E-state index contributed by atoms with van der Waals surface area (Å²) >= 11 is 0. The number of hydrogen-bond donors (Lipinski definition) is 2. The highest BCUT2D eigenvalue weighted by Gasteiger charge is 2.37. The van der Waals surface area contributed by atoms with Crippen LogP contribution in [0.4, 0.5) is 0 Å². The molecular weight excluding hydrogens is 274 g/mol. The fourth-order valence-corrected chi connectivity index (χ4v) is 2.71. The molecule has 2 N–H and O–H groups in total. The van der Waals surface area contributed by atoms with E-state index in [0.29, 0.717) is 0 Å². The van der Waals surface area contributed by atoms with E-state index in [1.54, 1.807) is 0 Å². The van der Waals surface area contributed by atoms with Gasteiger partial charge in [0, 0.05) is 33.4 Å². The number of aliphatic imine (C=N–C) groups is 1. The Morgan fingerprint density at radius 3 is 2.77 bits per heavy atom. The number of benzene rings is 1. The van der Waals surface area contributed by atoms with Crippen molar-refractivity contribution < 1.29 is 4.74 Å². The van der Waals surface area contributed by atoms with Gasteiger partial charge in [0.05, 0.1) is 0 Å². The zero-order valence-electron chi connectivity index (χ0n) is 13.8. The van der Waals surface area contributed by atoms with E-state index in [1.807, 2.05) is 14.0 Å². The second-order valence-electron chi connectivity index (χ2n) is 5.80. The number of ether oxygens (including phenoxy) is 1. The summed E-state index contributed by atoms with van der Waals surface area (Å²) in [7, 11) is 1.83. The third kappa shape index (κ3) is 5.68. The maximum atomic E-state index is 5.33. The zero-order valence-corrected chi connectivity index (χ0v) is 13.8. The van der Waals surface area contributed by atoms with Crippen LogP contribution < -0.4 is 10.6 Å². The van der Waals surface area contributed by atoms with Crippen molar-refractivity contribution >= 4 is 5.96 Å². The first-order valence-corrected chi connectivity index (χ1v) is 8.42. The monoisotopic (exact) mass is 303 g/mol. The molecule has 1 aromatic rings. The Labute approximate surface area is 134 Å². The Bertz CT molecular complexity index is 447. The molecule has 4 heteroatoms. The van der Waals surface area contributed by atoms with Crippen molar-refractivity contribution in [2.75, 3.05) is 33.4 Å². The van der Waals surface area contributed by atoms with Gasteiger partial charge < -0.3 is 15.4 Å². The lowest BCUT2D eigenvalue weighted by atomic mass is 10.1. The van der Waals surface area contributed by atoms with Gasteiger partial charge in [0.25, 0.3) is 0 Å². The first-order valence-electron chi connectivity index (χ1n) is 8.42. The van der Waals surface area contributed by atoms with Crippen molar-refractivity contribution in [1.29, 1.82) is 0 Å². The number of nitrogens with zero attached hydrogens (tertiary/aromatic N) is 1. The average Bonchev–Trinajstić information content (AvgIpc) is 3.34. The standard InChI is InChI=1S/C18H29N3O/c1-3-22-12-8-7-11-20-18(19-2)21-14-16-13-17(16)15-9-5-4-6-10-15/h4-6,9-10,16-17H,3,7-8,11-14H2,1-2H3,(H2,19,20,21). The van der Waals surface area contributed by atoms with Crippen molar-refractivity contribution in [3.05, 3.63) is 35.9 Å². The summed E-state index contributed by atoms with van der Waals surface area (Å²) < 4.78 is 5.33. The van der Waals surface area contributed by atoms with Gasteiger partial charge in [-0.15, -0.1) is 0 Å². The van der Waals surface area contributed by atoms with Gasteiger partial charge >= 0.3 is 0 Å². The molecule has 122 valence electrons. The lowest BCUT2D eigenvalue weighted by molar-refractivity contribution is 0.143. The predicted molar refractivity (Wildman–Crippen MR) is 92.4 cm³/mol. The molecule has 0 radical (unpaired) electrons. The first kappa shape index (κ1) is 16.8. The fourth-order valence-electron chi connectivity index (χ4n) is 2.71. The van der Waals surface area contributed by atoms with Gasteiger partial charge in [-0.05, 0) is 43.6 Å². The minimum atomic E-state index is 0.720. The van der Waals surface area contributed by atoms with Crippen LogP contribution in [0.15, 0.2) is 35.3 Å². The Morgan fingerprint density at radius 1 is 1.23 bits per heavy atom. The van der Waals surface area contributed by atoms with Crippen LogP contribution in [0.3, 0.4) is 0 Å². The largest absolute Gasteiger partial charge is 0.382 e. The Morgan fingerprint density at radius 2 is 2.05 bits per heavy atom. The van der Waals surface area contributed by atoms with Crippen molar-refractivity contribution in [3.63, 3.8) is 0 Å². The maximum Gasteiger partial charge on any atom is 0.190 e. The van der Waals surface area contributed by atoms with E-state index in [2.05, 4.69) is 46.0 Å². The smallest absolute Gasteiger partial charge is 0.190 e. The summed E-state index contributed by atoms with van der Waals surface area (Å²) in [5.41, 5.74) is 1.47. The highest BCUT2D eigenvalue weighted by Crippen LogP contribution is 2.46. The summed E-state index contributed by atoms with van der Waals surface area (Å²) in [6.45, 7) is 5.63. The molecule has 1 aliphatic carbocycles. The molecule has 0 amide bonds. The van der Waals surface area contributed by atoms with Crippen LogP contribution in [0.5, 0.6) is 0 Å². The van der Waals surface area contributed by atoms with E-state index in [1.165, 1.54) is 12.0 Å². The first-order chi connectivity index (χ1) is 10.8. The molecule has 0 saturated heterocycles. The lowest BCUT2D eigenvalue weighted by Gasteiger charge is -2.11. The lowest BCUT2D eigenvalue weighted by Crippen LogP contribution is -2.38. The van der Waals surface area contributed by atoms with Gasteiger partial charge in [0.2, 0.25) is 0 Å². The molecule has 2 rings (SSSR count). The number of rotatable bonds is 9. The molecule has 0 heterocycles. The van der Waals surface area contributed by atoms with Crippen LogP contribution in [0.1, 0.15) is 37.7 Å². The van der Waals surface area contributed by atoms with Crippen LogP contribution in [-0.2, 0) is 4.74 Å². The van der Waals surface area contributed by atoms with Crippen LogP contribution in [-0.4, -0.2) is 39.3 Å². The summed E-state index contributed by atoms with van der Waals surface area (Å²) in [5.74, 6) is 2.37. The molecule has 2 atom stereocenters. The van der Waals surface area contributed by atoms with Crippen molar-refractivity contribution in [2.45, 2.75) is 32.1 Å². The van der Waals surface area contributed by atoms with E-state index in [9.17, 15) is 0 Å². The Balaban J connectivity index is 1.58. The second kappa shape index (κ2) is 9.46. The number of hydrogen-bond acceptors (Lipinski definition) is 2. The predicted octanol–water partition coefficient (Wildman–Crippen LogP) is 2.77. The highest BCUT2D eigenvalue weighted by molar-refractivity contribution is 5.79. The minimum Gasteiger partial charge on any atom is -0.382 e. The van der Waals surface area contributed by atoms with Gasteiger partial charge in [-0.2, -0.15) is 0 Å².